The molecule has 1 N–H and O–H groups in total. The van der Waals surface area contributed by atoms with Gasteiger partial charge in [-0.2, -0.15) is 13.2 Å². The topological polar surface area (TPSA) is 82.6 Å². The molecule has 1 aromatic carbocycles. The summed E-state index contributed by atoms with van der Waals surface area (Å²) >= 11 is 0. The van der Waals surface area contributed by atoms with Crippen molar-refractivity contribution >= 4 is 27.1 Å². The zero-order valence-corrected chi connectivity index (χ0v) is 11.5. The van der Waals surface area contributed by atoms with E-state index in [1.54, 1.807) is 6.08 Å². The molecule has 20 heavy (non-hydrogen) atoms. The number of nitrogens with zero attached hydrogens (tertiary/aromatic N) is 2. The molecule has 0 spiro atoms. The Morgan fingerprint density at radius 3 is 2.55 bits per heavy atom. The maximum atomic E-state index is 10.4. The average molecular weight is 287 g/mol. The lowest BCUT2D eigenvalue weighted by atomic mass is 10.1. The van der Waals surface area contributed by atoms with Gasteiger partial charge in [-0.25, -0.2) is 0 Å². The molecule has 0 saturated heterocycles. The molecular formula is C14H13N3O2S. The summed E-state index contributed by atoms with van der Waals surface area (Å²) in [4.78, 5) is 3.14. The third-order valence-electron chi connectivity index (χ3n) is 2.81. The molecule has 0 atom stereocenters. The highest BCUT2D eigenvalue weighted by atomic mass is 32.2. The number of nitrogens with one attached hydrogen (secondary N) is 1. The van der Waals surface area contributed by atoms with Gasteiger partial charge in [0, 0.05) is 29.2 Å². The quantitative estimate of drug-likeness (QED) is 0.521. The number of hydrogen-bond donors (Lipinski definition) is 1. The van der Waals surface area contributed by atoms with Crippen LogP contribution in [0.5, 0.6) is 0 Å². The van der Waals surface area contributed by atoms with Gasteiger partial charge in [-0.15, -0.1) is 0 Å². The molecule has 6 heteroatoms. The van der Waals surface area contributed by atoms with Gasteiger partial charge in [-0.3, -0.25) is 0 Å². The van der Waals surface area contributed by atoms with Gasteiger partial charge in [-0.05, 0) is 29.8 Å². The van der Waals surface area contributed by atoms with Crippen LogP contribution in [-0.2, 0) is 16.7 Å². The summed E-state index contributed by atoms with van der Waals surface area (Å²) in [5.74, 6) is 0. The van der Waals surface area contributed by atoms with Crippen LogP contribution in [0.2, 0.25) is 0 Å². The lowest BCUT2D eigenvalue weighted by Gasteiger charge is -2.09. The van der Waals surface area contributed by atoms with Gasteiger partial charge in [0.25, 0.3) is 5.71 Å². The van der Waals surface area contributed by atoms with E-state index in [1.807, 2.05) is 36.4 Å². The number of anilines is 1. The normalized spacial score (nSPS) is 13.4. The van der Waals surface area contributed by atoms with Gasteiger partial charge in [0.05, 0.1) is 6.42 Å². The molecule has 0 amide bonds. The predicted octanol–water partition coefficient (Wildman–Crippen LogP) is 1.84. The van der Waals surface area contributed by atoms with Gasteiger partial charge in [0.2, 0.25) is 10.3 Å². The van der Waals surface area contributed by atoms with Gasteiger partial charge >= 0.3 is 0 Å². The number of allylic oxidation sites excluding steroid dienone is 3. The Labute approximate surface area is 118 Å². The van der Waals surface area contributed by atoms with Gasteiger partial charge in [0.1, 0.15) is 0 Å². The molecule has 5 nitrogen and oxygen atoms in total. The minimum Gasteiger partial charge on any atom is -0.361 e. The molecule has 0 aliphatic heterocycles. The van der Waals surface area contributed by atoms with Gasteiger partial charge in [-0.1, -0.05) is 12.1 Å². The molecule has 0 unspecified atom stereocenters. The van der Waals surface area contributed by atoms with Crippen molar-refractivity contribution in [2.24, 2.45) is 0 Å². The standard InChI is InChI=1S/C14H13N3O2S/c15-17-14-7-5-13(6-8-14)16-12-3-1-11(2-4-12)9-10-20(18)19/h1-7,10,16H,8-9H2. The minimum atomic E-state index is -2.12. The fourth-order valence-electron chi connectivity index (χ4n) is 1.76. The van der Waals surface area contributed by atoms with Crippen LogP contribution in [0.3, 0.4) is 0 Å². The second-order valence-electron chi connectivity index (χ2n) is 4.24. The highest BCUT2D eigenvalue weighted by Gasteiger charge is 2.07. The monoisotopic (exact) mass is 287 g/mol. The smallest absolute Gasteiger partial charge is 0.295 e. The molecule has 2 rings (SSSR count). The zero-order chi connectivity index (χ0) is 14.4. The highest BCUT2D eigenvalue weighted by molar-refractivity contribution is 7.71. The van der Waals surface area contributed by atoms with Crippen LogP contribution in [-0.4, -0.2) is 24.3 Å². The predicted molar refractivity (Wildman–Crippen MR) is 79.2 cm³/mol. The molecule has 0 aromatic heterocycles. The summed E-state index contributed by atoms with van der Waals surface area (Å²) in [5.41, 5.74) is 12.0. The summed E-state index contributed by atoms with van der Waals surface area (Å²) in [7, 11) is -2.12. The van der Waals surface area contributed by atoms with Crippen LogP contribution in [0.25, 0.3) is 5.53 Å². The molecule has 0 saturated carbocycles. The Bertz CT molecular complexity index is 729. The van der Waals surface area contributed by atoms with Crippen molar-refractivity contribution in [3.8, 4) is 0 Å². The van der Waals surface area contributed by atoms with Gasteiger partial charge in [0.15, 0.2) is 0 Å². The second kappa shape index (κ2) is 6.65. The van der Waals surface area contributed by atoms with Crippen LogP contribution in [0.1, 0.15) is 12.0 Å². The molecule has 102 valence electrons. The summed E-state index contributed by atoms with van der Waals surface area (Å²) in [5, 5.41) is 4.45. The van der Waals surface area contributed by atoms with E-state index in [4.69, 9.17) is 5.53 Å². The van der Waals surface area contributed by atoms with Gasteiger partial charge < -0.3 is 10.8 Å². The molecule has 1 aromatic rings. The lowest BCUT2D eigenvalue weighted by molar-refractivity contribution is -0.00540. The molecule has 0 heterocycles. The van der Waals surface area contributed by atoms with E-state index in [-0.39, 0.29) is 0 Å². The SMILES string of the molecule is [N-]=[N+]=C1C=CC(Nc2ccc(CC=S(=O)=O)cc2)=CC1. The largest absolute Gasteiger partial charge is 0.361 e. The number of hydrogen-bond acceptors (Lipinski definition) is 3. The maximum absolute atomic E-state index is 10.4. The maximum Gasteiger partial charge on any atom is 0.295 e. The molecular weight excluding hydrogens is 274 g/mol. The van der Waals surface area contributed by atoms with Crippen LogP contribution in [0, 0.1) is 0 Å². The second-order valence-corrected chi connectivity index (χ2v) is 5.10. The Balaban J connectivity index is 2.01. The van der Waals surface area contributed by atoms with E-state index in [1.165, 1.54) is 5.37 Å². The average Bonchev–Trinajstić information content (AvgIpc) is 2.47. The third kappa shape index (κ3) is 4.05. The molecule has 0 bridgehead atoms. The van der Waals surface area contributed by atoms with Crippen LogP contribution >= 0.6 is 0 Å². The fourth-order valence-corrected chi connectivity index (χ4v) is 2.09. The van der Waals surface area contributed by atoms with E-state index in [2.05, 4.69) is 10.1 Å². The number of benzene rings is 1. The summed E-state index contributed by atoms with van der Waals surface area (Å²) in [6.07, 6.45) is 6.49. The minimum absolute atomic E-state index is 0.398. The highest BCUT2D eigenvalue weighted by Crippen LogP contribution is 2.15. The molecule has 0 fully saturated rings. The van der Waals surface area contributed by atoms with E-state index in [0.717, 1.165) is 16.9 Å². The Kier molecular flexibility index (Phi) is 4.65. The van der Waals surface area contributed by atoms with E-state index >= 15 is 0 Å². The molecule has 1 aliphatic rings. The third-order valence-corrected chi connectivity index (χ3v) is 3.25. The summed E-state index contributed by atoms with van der Waals surface area (Å²) in [6, 6.07) is 7.53. The zero-order valence-electron chi connectivity index (χ0n) is 10.7. The van der Waals surface area contributed by atoms with Crippen molar-refractivity contribution in [2.45, 2.75) is 12.8 Å². The van der Waals surface area contributed by atoms with Crippen molar-refractivity contribution in [1.82, 2.24) is 0 Å². The number of rotatable bonds is 4. The Hall–Kier alpha value is -2.43. The molecule has 0 radical (unpaired) electrons. The lowest BCUT2D eigenvalue weighted by Crippen LogP contribution is -2.04. The first-order valence-electron chi connectivity index (χ1n) is 6.04. The van der Waals surface area contributed by atoms with Crippen molar-refractivity contribution in [3.63, 3.8) is 0 Å². The van der Waals surface area contributed by atoms with Crippen molar-refractivity contribution in [1.29, 1.82) is 0 Å². The van der Waals surface area contributed by atoms with Crippen LogP contribution in [0.15, 0.2) is 48.2 Å². The van der Waals surface area contributed by atoms with E-state index < -0.39 is 10.3 Å². The Morgan fingerprint density at radius 2 is 2.00 bits per heavy atom. The Morgan fingerprint density at radius 1 is 1.25 bits per heavy atom. The van der Waals surface area contributed by atoms with Crippen LogP contribution in [0.4, 0.5) is 5.69 Å². The van der Waals surface area contributed by atoms with E-state index in [9.17, 15) is 8.42 Å². The first-order chi connectivity index (χ1) is 9.67. The summed E-state index contributed by atoms with van der Waals surface area (Å²) in [6.45, 7) is 0. The van der Waals surface area contributed by atoms with Crippen molar-refractivity contribution in [2.75, 3.05) is 5.32 Å². The fraction of sp³-hybridized carbons (Fsp3) is 0.143. The van der Waals surface area contributed by atoms with Crippen molar-refractivity contribution < 1.29 is 13.2 Å². The van der Waals surface area contributed by atoms with Crippen LogP contribution < -0.4 is 5.32 Å². The first-order valence-corrected chi connectivity index (χ1v) is 7.18. The van der Waals surface area contributed by atoms with Crippen molar-refractivity contribution in [3.05, 3.63) is 59.3 Å². The van der Waals surface area contributed by atoms with E-state index in [0.29, 0.717) is 18.6 Å². The summed E-state index contributed by atoms with van der Waals surface area (Å²) < 4.78 is 20.9. The first kappa shape index (κ1) is 14.0. The molecule has 1 aliphatic carbocycles.